The molecule has 1 N–H and O–H groups in total. The number of anilines is 1. The Labute approximate surface area is 93.4 Å². The van der Waals surface area contributed by atoms with E-state index in [-0.39, 0.29) is 0 Å². The van der Waals surface area contributed by atoms with Crippen LogP contribution in [0.2, 0.25) is 0 Å². The third kappa shape index (κ3) is 2.53. The lowest BCUT2D eigenvalue weighted by atomic mass is 10.1. The highest BCUT2D eigenvalue weighted by molar-refractivity contribution is 5.42. The first-order valence-corrected chi connectivity index (χ1v) is 5.00. The summed E-state index contributed by atoms with van der Waals surface area (Å²) in [4.78, 5) is 7.54. The van der Waals surface area contributed by atoms with Crippen LogP contribution < -0.4 is 5.32 Å². The lowest BCUT2D eigenvalue weighted by molar-refractivity contribution is 0.584. The molecule has 0 aliphatic heterocycles. The predicted molar refractivity (Wildman–Crippen MR) is 60.5 cm³/mol. The van der Waals surface area contributed by atoms with Crippen molar-refractivity contribution in [2.75, 3.05) is 5.32 Å². The zero-order valence-corrected chi connectivity index (χ0v) is 8.94. The minimum atomic E-state index is -0.479. The van der Waals surface area contributed by atoms with E-state index in [9.17, 15) is 4.39 Å². The summed E-state index contributed by atoms with van der Waals surface area (Å²) in [5, 5.41) is 3.12. The minimum Gasteiger partial charge on any atom is -0.381 e. The number of hydrogen-bond donors (Lipinski definition) is 1. The van der Waals surface area contributed by atoms with Crippen LogP contribution in [0.1, 0.15) is 11.1 Å². The summed E-state index contributed by atoms with van der Waals surface area (Å²) in [5.74, 6) is -0.479. The summed E-state index contributed by atoms with van der Waals surface area (Å²) in [7, 11) is 0. The summed E-state index contributed by atoms with van der Waals surface area (Å²) < 4.78 is 12.8. The molecule has 0 amide bonds. The molecule has 2 heterocycles. The highest BCUT2D eigenvalue weighted by Crippen LogP contribution is 2.11. The summed E-state index contributed by atoms with van der Waals surface area (Å²) in [6, 6.07) is 5.05. The molecule has 0 aliphatic carbocycles. The van der Waals surface area contributed by atoms with E-state index >= 15 is 0 Å². The molecule has 0 spiro atoms. The van der Waals surface area contributed by atoms with Gasteiger partial charge in [-0.3, -0.25) is 4.98 Å². The number of rotatable bonds is 3. The number of hydrogen-bond acceptors (Lipinski definition) is 3. The fourth-order valence-electron chi connectivity index (χ4n) is 1.39. The Morgan fingerprint density at radius 3 is 2.94 bits per heavy atom. The molecule has 82 valence electrons. The number of pyridine rings is 2. The largest absolute Gasteiger partial charge is 0.381 e. The van der Waals surface area contributed by atoms with Crippen LogP contribution in [0.15, 0.2) is 36.8 Å². The molecule has 2 rings (SSSR count). The van der Waals surface area contributed by atoms with Crippen molar-refractivity contribution >= 4 is 5.69 Å². The highest BCUT2D eigenvalue weighted by atomic mass is 19.1. The summed E-state index contributed by atoms with van der Waals surface area (Å²) in [6.07, 6.45) is 5.00. The molecule has 0 fully saturated rings. The molecule has 0 saturated carbocycles. The van der Waals surface area contributed by atoms with Crippen LogP contribution in [0.5, 0.6) is 0 Å². The maximum Gasteiger partial charge on any atom is 0.214 e. The molecular formula is C12H12FN3. The fourth-order valence-corrected chi connectivity index (χ4v) is 1.39. The van der Waals surface area contributed by atoms with E-state index in [0.29, 0.717) is 6.54 Å². The number of halogens is 1. The van der Waals surface area contributed by atoms with Gasteiger partial charge in [-0.25, -0.2) is 4.98 Å². The summed E-state index contributed by atoms with van der Waals surface area (Å²) >= 11 is 0. The Morgan fingerprint density at radius 2 is 2.19 bits per heavy atom. The van der Waals surface area contributed by atoms with Gasteiger partial charge in [-0.1, -0.05) is 0 Å². The van der Waals surface area contributed by atoms with Gasteiger partial charge in [0, 0.05) is 36.9 Å². The molecule has 0 saturated heterocycles. The summed E-state index contributed by atoms with van der Waals surface area (Å²) in [6.45, 7) is 2.65. The zero-order valence-electron chi connectivity index (χ0n) is 8.94. The second kappa shape index (κ2) is 4.70. The second-order valence-electron chi connectivity index (χ2n) is 3.52. The first-order valence-electron chi connectivity index (χ1n) is 5.00. The van der Waals surface area contributed by atoms with E-state index in [1.165, 1.54) is 12.3 Å². The van der Waals surface area contributed by atoms with Gasteiger partial charge in [-0.15, -0.1) is 0 Å². The van der Waals surface area contributed by atoms with Gasteiger partial charge in [0.05, 0.1) is 0 Å². The lowest BCUT2D eigenvalue weighted by Crippen LogP contribution is -2.02. The topological polar surface area (TPSA) is 37.8 Å². The number of aryl methyl sites for hydroxylation is 1. The van der Waals surface area contributed by atoms with Crippen molar-refractivity contribution in [3.63, 3.8) is 0 Å². The van der Waals surface area contributed by atoms with Crippen LogP contribution >= 0.6 is 0 Å². The molecule has 2 aromatic heterocycles. The van der Waals surface area contributed by atoms with Crippen molar-refractivity contribution in [3.05, 3.63) is 53.9 Å². The van der Waals surface area contributed by atoms with E-state index in [4.69, 9.17) is 0 Å². The average molecular weight is 217 g/mol. The number of aromatic nitrogens is 2. The molecule has 2 aromatic rings. The van der Waals surface area contributed by atoms with Crippen molar-refractivity contribution in [3.8, 4) is 0 Å². The average Bonchev–Trinajstić information content (AvgIpc) is 2.28. The Kier molecular flexibility index (Phi) is 3.10. The van der Waals surface area contributed by atoms with E-state index in [1.807, 2.05) is 13.0 Å². The van der Waals surface area contributed by atoms with Crippen LogP contribution in [0.3, 0.4) is 0 Å². The van der Waals surface area contributed by atoms with Crippen LogP contribution in [0, 0.1) is 12.9 Å². The standard InChI is InChI=1S/C12H12FN3/c1-9-2-4-14-7-10(9)8-16-11-3-5-15-12(13)6-11/h2-7H,8H2,1H3,(H,15,16). The van der Waals surface area contributed by atoms with Crippen molar-refractivity contribution < 1.29 is 4.39 Å². The fraction of sp³-hybridized carbons (Fsp3) is 0.167. The molecule has 0 radical (unpaired) electrons. The molecule has 3 nitrogen and oxygen atoms in total. The third-order valence-corrected chi connectivity index (χ3v) is 2.36. The second-order valence-corrected chi connectivity index (χ2v) is 3.52. The number of nitrogens with zero attached hydrogens (tertiary/aromatic N) is 2. The SMILES string of the molecule is Cc1ccncc1CNc1ccnc(F)c1. The van der Waals surface area contributed by atoms with Gasteiger partial charge >= 0.3 is 0 Å². The zero-order chi connectivity index (χ0) is 11.4. The van der Waals surface area contributed by atoms with Crippen molar-refractivity contribution in [2.24, 2.45) is 0 Å². The summed E-state index contributed by atoms with van der Waals surface area (Å²) in [5.41, 5.74) is 2.98. The normalized spacial score (nSPS) is 10.1. The van der Waals surface area contributed by atoms with Gasteiger partial charge in [-0.05, 0) is 30.2 Å². The van der Waals surface area contributed by atoms with Gasteiger partial charge in [0.25, 0.3) is 0 Å². The van der Waals surface area contributed by atoms with Gasteiger partial charge in [0.15, 0.2) is 0 Å². The Bertz CT molecular complexity index is 485. The quantitative estimate of drug-likeness (QED) is 0.803. The maximum atomic E-state index is 12.8. The molecule has 0 atom stereocenters. The van der Waals surface area contributed by atoms with Crippen LogP contribution in [-0.4, -0.2) is 9.97 Å². The Morgan fingerprint density at radius 1 is 1.31 bits per heavy atom. The monoisotopic (exact) mass is 217 g/mol. The molecule has 16 heavy (non-hydrogen) atoms. The predicted octanol–water partition coefficient (Wildman–Crippen LogP) is 2.54. The minimum absolute atomic E-state index is 0.479. The number of nitrogens with one attached hydrogen (secondary N) is 1. The first kappa shape index (κ1) is 10.5. The van der Waals surface area contributed by atoms with Gasteiger partial charge in [-0.2, -0.15) is 4.39 Å². The van der Waals surface area contributed by atoms with Crippen molar-refractivity contribution in [1.29, 1.82) is 0 Å². The van der Waals surface area contributed by atoms with Crippen molar-refractivity contribution in [1.82, 2.24) is 9.97 Å². The first-order chi connectivity index (χ1) is 7.75. The van der Waals surface area contributed by atoms with Crippen molar-refractivity contribution in [2.45, 2.75) is 13.5 Å². The van der Waals surface area contributed by atoms with Gasteiger partial charge in [0.1, 0.15) is 0 Å². The van der Waals surface area contributed by atoms with E-state index in [2.05, 4.69) is 15.3 Å². The smallest absolute Gasteiger partial charge is 0.214 e. The highest BCUT2D eigenvalue weighted by Gasteiger charge is 1.99. The van der Waals surface area contributed by atoms with Crippen LogP contribution in [0.25, 0.3) is 0 Å². The molecule has 0 unspecified atom stereocenters. The van der Waals surface area contributed by atoms with E-state index in [0.717, 1.165) is 16.8 Å². The Hall–Kier alpha value is -1.97. The maximum absolute atomic E-state index is 12.8. The lowest BCUT2D eigenvalue weighted by Gasteiger charge is -2.07. The van der Waals surface area contributed by atoms with Gasteiger partial charge in [0.2, 0.25) is 5.95 Å². The van der Waals surface area contributed by atoms with Crippen LogP contribution in [0.4, 0.5) is 10.1 Å². The molecule has 0 bridgehead atoms. The molecular weight excluding hydrogens is 205 g/mol. The molecule has 0 aromatic carbocycles. The van der Waals surface area contributed by atoms with Gasteiger partial charge < -0.3 is 5.32 Å². The molecule has 0 aliphatic rings. The molecule has 4 heteroatoms. The van der Waals surface area contributed by atoms with Crippen LogP contribution in [-0.2, 0) is 6.54 Å². The van der Waals surface area contributed by atoms with E-state index in [1.54, 1.807) is 18.5 Å². The third-order valence-electron chi connectivity index (χ3n) is 2.36. The van der Waals surface area contributed by atoms with E-state index < -0.39 is 5.95 Å². The Balaban J connectivity index is 2.05.